The van der Waals surface area contributed by atoms with Crippen LogP contribution in [-0.2, 0) is 9.84 Å². The molecule has 2 aliphatic heterocycles. The second kappa shape index (κ2) is 3.84. The van der Waals surface area contributed by atoms with Crippen LogP contribution in [0.15, 0.2) is 12.2 Å². The Bertz CT molecular complexity index is 376. The Labute approximate surface area is 97.5 Å². The van der Waals surface area contributed by atoms with Crippen LogP contribution in [0.25, 0.3) is 0 Å². The average Bonchev–Trinajstić information content (AvgIpc) is 2.06. The fourth-order valence-corrected chi connectivity index (χ4v) is 5.87. The Morgan fingerprint density at radius 1 is 1.38 bits per heavy atom. The Hall–Kier alpha value is -0.350. The number of rotatable bonds is 2. The molecule has 0 aromatic heterocycles. The first-order valence-electron chi connectivity index (χ1n) is 5.93. The van der Waals surface area contributed by atoms with Gasteiger partial charge in [-0.15, -0.1) is 6.58 Å². The van der Waals surface area contributed by atoms with Crippen LogP contribution < -0.4 is 0 Å². The number of hydrogen-bond acceptors (Lipinski definition) is 3. The third kappa shape index (κ3) is 2.05. The maximum absolute atomic E-state index is 12.0. The molecule has 92 valence electrons. The molecule has 2 unspecified atom stereocenters. The number of fused-ring (bicyclic) bond motifs is 2. The van der Waals surface area contributed by atoms with Gasteiger partial charge in [-0.05, 0) is 39.0 Å². The lowest BCUT2D eigenvalue weighted by Crippen LogP contribution is -2.51. The molecular formula is C12H20O3S. The van der Waals surface area contributed by atoms with Crippen LogP contribution in [0.4, 0.5) is 0 Å². The molecule has 0 aromatic rings. The average molecular weight is 244 g/mol. The smallest absolute Gasteiger partial charge is 0.156 e. The lowest BCUT2D eigenvalue weighted by Gasteiger charge is -2.44. The molecule has 2 saturated heterocycles. The van der Waals surface area contributed by atoms with E-state index < -0.39 is 15.4 Å². The molecule has 4 heteroatoms. The summed E-state index contributed by atoms with van der Waals surface area (Å²) in [6.07, 6.45) is 3.76. The van der Waals surface area contributed by atoms with Crippen molar-refractivity contribution in [2.75, 3.05) is 0 Å². The summed E-state index contributed by atoms with van der Waals surface area (Å²) < 4.78 is 24.1. The second-order valence-electron chi connectivity index (χ2n) is 5.53. The summed E-state index contributed by atoms with van der Waals surface area (Å²) in [5.41, 5.74) is 0.104. The molecule has 2 rings (SSSR count). The molecule has 0 amide bonds. The van der Waals surface area contributed by atoms with E-state index in [2.05, 4.69) is 6.58 Å². The van der Waals surface area contributed by atoms with Gasteiger partial charge in [0.25, 0.3) is 0 Å². The van der Waals surface area contributed by atoms with Crippen LogP contribution in [-0.4, -0.2) is 29.6 Å². The molecule has 1 N–H and O–H groups in total. The molecule has 0 spiro atoms. The minimum Gasteiger partial charge on any atom is -0.389 e. The molecule has 3 nitrogen and oxygen atoms in total. The van der Waals surface area contributed by atoms with Gasteiger partial charge >= 0.3 is 0 Å². The minimum atomic E-state index is -2.96. The van der Waals surface area contributed by atoms with Crippen molar-refractivity contribution in [2.24, 2.45) is 0 Å². The summed E-state index contributed by atoms with van der Waals surface area (Å²) in [6.45, 7) is 5.70. The van der Waals surface area contributed by atoms with E-state index in [1.807, 2.05) is 6.92 Å². The minimum absolute atomic E-state index is 0.315. The summed E-state index contributed by atoms with van der Waals surface area (Å²) in [5, 5.41) is 9.82. The first-order chi connectivity index (χ1) is 7.33. The van der Waals surface area contributed by atoms with E-state index in [1.165, 1.54) is 0 Å². The van der Waals surface area contributed by atoms with Crippen molar-refractivity contribution in [3.63, 3.8) is 0 Å². The van der Waals surface area contributed by atoms with Crippen molar-refractivity contribution in [3.05, 3.63) is 12.2 Å². The first-order valence-corrected chi connectivity index (χ1v) is 7.54. The Morgan fingerprint density at radius 3 is 2.31 bits per heavy atom. The zero-order chi connectivity index (χ0) is 12.0. The Balaban J connectivity index is 2.23. The highest BCUT2D eigenvalue weighted by Gasteiger charge is 2.49. The van der Waals surface area contributed by atoms with Gasteiger partial charge < -0.3 is 5.11 Å². The third-order valence-corrected chi connectivity index (χ3v) is 6.49. The summed E-state index contributed by atoms with van der Waals surface area (Å²) in [7, 11) is -2.96. The highest BCUT2D eigenvalue weighted by Crippen LogP contribution is 2.43. The topological polar surface area (TPSA) is 54.4 Å². The van der Waals surface area contributed by atoms with Crippen LogP contribution in [0.1, 0.15) is 45.4 Å². The van der Waals surface area contributed by atoms with Gasteiger partial charge in [0.15, 0.2) is 9.84 Å². The van der Waals surface area contributed by atoms with Crippen LogP contribution in [0, 0.1) is 0 Å². The predicted octanol–water partition coefficient (Wildman–Crippen LogP) is 1.81. The molecule has 2 heterocycles. The van der Waals surface area contributed by atoms with Crippen molar-refractivity contribution in [1.29, 1.82) is 0 Å². The van der Waals surface area contributed by atoms with E-state index in [0.29, 0.717) is 19.3 Å². The quantitative estimate of drug-likeness (QED) is 0.754. The maximum Gasteiger partial charge on any atom is 0.156 e. The van der Waals surface area contributed by atoms with Gasteiger partial charge in [-0.25, -0.2) is 8.42 Å². The molecule has 2 aliphatic rings. The highest BCUT2D eigenvalue weighted by molar-refractivity contribution is 7.92. The Morgan fingerprint density at radius 2 is 1.88 bits per heavy atom. The van der Waals surface area contributed by atoms with Gasteiger partial charge in [-0.2, -0.15) is 0 Å². The van der Waals surface area contributed by atoms with Crippen molar-refractivity contribution >= 4 is 9.84 Å². The summed E-state index contributed by atoms with van der Waals surface area (Å²) in [5.74, 6) is 0. The van der Waals surface area contributed by atoms with Crippen molar-refractivity contribution in [2.45, 2.75) is 61.5 Å². The number of hydrogen-bond donors (Lipinski definition) is 1. The molecule has 0 radical (unpaired) electrons. The fourth-order valence-electron chi connectivity index (χ4n) is 3.25. The van der Waals surface area contributed by atoms with Crippen molar-refractivity contribution in [3.8, 4) is 0 Å². The summed E-state index contributed by atoms with van der Waals surface area (Å²) >= 11 is 0. The third-order valence-electron chi connectivity index (χ3n) is 3.83. The fraction of sp³-hybridized carbons (Fsp3) is 0.833. The lowest BCUT2D eigenvalue weighted by atomic mass is 9.82. The normalized spacial score (nSPS) is 41.6. The predicted molar refractivity (Wildman–Crippen MR) is 64.0 cm³/mol. The molecule has 0 saturated carbocycles. The van der Waals surface area contributed by atoms with Crippen LogP contribution in [0.3, 0.4) is 0 Å². The van der Waals surface area contributed by atoms with Crippen LogP contribution >= 0.6 is 0 Å². The standard InChI is InChI=1S/C12H20O3S/c1-9(2)6-12(13)7-10-4-3-5-11(8-12)16(10,14)15/h10-11,13H,1,3-8H2,2H3. The first kappa shape index (κ1) is 12.1. The summed E-state index contributed by atoms with van der Waals surface area (Å²) in [4.78, 5) is 0. The highest BCUT2D eigenvalue weighted by atomic mass is 32.2. The molecule has 0 aliphatic carbocycles. The Kier molecular flexibility index (Phi) is 2.91. The maximum atomic E-state index is 12.0. The van der Waals surface area contributed by atoms with E-state index in [1.54, 1.807) is 0 Å². The van der Waals surface area contributed by atoms with E-state index in [-0.39, 0.29) is 10.5 Å². The van der Waals surface area contributed by atoms with Gasteiger partial charge in [-0.3, -0.25) is 0 Å². The molecule has 2 fully saturated rings. The van der Waals surface area contributed by atoms with Crippen molar-refractivity contribution < 1.29 is 13.5 Å². The van der Waals surface area contributed by atoms with Crippen molar-refractivity contribution in [1.82, 2.24) is 0 Å². The van der Waals surface area contributed by atoms with Crippen LogP contribution in [0.5, 0.6) is 0 Å². The van der Waals surface area contributed by atoms with Crippen LogP contribution in [0.2, 0.25) is 0 Å². The van der Waals surface area contributed by atoms with Gasteiger partial charge in [0.05, 0.1) is 16.1 Å². The zero-order valence-corrected chi connectivity index (χ0v) is 10.6. The van der Waals surface area contributed by atoms with Gasteiger partial charge in [0, 0.05) is 0 Å². The number of aliphatic hydroxyl groups is 1. The molecule has 0 aromatic carbocycles. The van der Waals surface area contributed by atoms with E-state index >= 15 is 0 Å². The molecular weight excluding hydrogens is 224 g/mol. The van der Waals surface area contributed by atoms with Gasteiger partial charge in [0.1, 0.15) is 0 Å². The van der Waals surface area contributed by atoms with E-state index in [0.717, 1.165) is 24.8 Å². The summed E-state index contributed by atoms with van der Waals surface area (Å²) in [6, 6.07) is 0. The van der Waals surface area contributed by atoms with Gasteiger partial charge in [-0.1, -0.05) is 12.0 Å². The van der Waals surface area contributed by atoms with Gasteiger partial charge in [0.2, 0.25) is 0 Å². The van der Waals surface area contributed by atoms with E-state index in [9.17, 15) is 13.5 Å². The number of sulfone groups is 1. The SMILES string of the molecule is C=C(C)CC1(O)CC2CCCC(C1)S2(=O)=O. The molecule has 16 heavy (non-hydrogen) atoms. The van der Waals surface area contributed by atoms with E-state index in [4.69, 9.17) is 0 Å². The molecule has 2 atom stereocenters. The lowest BCUT2D eigenvalue weighted by molar-refractivity contribution is 0.0101. The second-order valence-corrected chi connectivity index (χ2v) is 8.04. The molecule has 2 bridgehead atoms. The monoisotopic (exact) mass is 244 g/mol. The largest absolute Gasteiger partial charge is 0.389 e. The zero-order valence-electron chi connectivity index (χ0n) is 9.78.